The van der Waals surface area contributed by atoms with Crippen LogP contribution in [-0.4, -0.2) is 39.1 Å². The Kier molecular flexibility index (Phi) is 6.12. The van der Waals surface area contributed by atoms with Crippen LogP contribution in [0.2, 0.25) is 0 Å². The van der Waals surface area contributed by atoms with E-state index in [-0.39, 0.29) is 24.0 Å². The minimum Gasteiger partial charge on any atom is -0.395 e. The highest BCUT2D eigenvalue weighted by Gasteiger charge is 2.17. The molecule has 0 fully saturated rings. The molecular weight excluding hydrogens is 280 g/mol. The van der Waals surface area contributed by atoms with Gasteiger partial charge in [0.15, 0.2) is 0 Å². The lowest BCUT2D eigenvalue weighted by molar-refractivity contribution is 0.0953. The van der Waals surface area contributed by atoms with Crippen LogP contribution in [0.5, 0.6) is 0 Å². The molecule has 0 bridgehead atoms. The zero-order valence-electron chi connectivity index (χ0n) is 11.6. The topological polar surface area (TPSA) is 95.5 Å². The van der Waals surface area contributed by atoms with Crippen molar-refractivity contribution in [3.63, 3.8) is 0 Å². The summed E-state index contributed by atoms with van der Waals surface area (Å²) < 4.78 is 26.1. The molecule has 0 aliphatic heterocycles. The standard InChI is InChI=1S/C13H20N2O4S/c1-3-6-14-13(17)12-9-11(5-4-10(12)2)20(18,19)15-7-8-16/h4-5,9,15-16H,3,6-8H2,1-2H3,(H,14,17). The quantitative estimate of drug-likeness (QED) is 0.679. The molecule has 1 rings (SSSR count). The third-order valence-electron chi connectivity index (χ3n) is 2.70. The van der Waals surface area contributed by atoms with E-state index >= 15 is 0 Å². The van der Waals surface area contributed by atoms with Gasteiger partial charge in [-0.15, -0.1) is 0 Å². The highest BCUT2D eigenvalue weighted by molar-refractivity contribution is 7.89. The molecule has 0 saturated carbocycles. The van der Waals surface area contributed by atoms with Crippen molar-refractivity contribution in [1.82, 2.24) is 10.0 Å². The van der Waals surface area contributed by atoms with Gasteiger partial charge in [0, 0.05) is 18.7 Å². The maximum absolute atomic E-state index is 12.0. The summed E-state index contributed by atoms with van der Waals surface area (Å²) in [6.07, 6.45) is 0.806. The highest BCUT2D eigenvalue weighted by atomic mass is 32.2. The van der Waals surface area contributed by atoms with Crippen LogP contribution in [0, 0.1) is 6.92 Å². The lowest BCUT2D eigenvalue weighted by Gasteiger charge is -2.10. The molecule has 0 spiro atoms. The smallest absolute Gasteiger partial charge is 0.251 e. The molecule has 0 radical (unpaired) electrons. The third kappa shape index (κ3) is 4.29. The van der Waals surface area contributed by atoms with E-state index in [0.29, 0.717) is 17.7 Å². The molecule has 6 nitrogen and oxygen atoms in total. The first-order chi connectivity index (χ1) is 9.42. The number of amides is 1. The number of carbonyl (C=O) groups excluding carboxylic acids is 1. The van der Waals surface area contributed by atoms with Gasteiger partial charge in [0.1, 0.15) is 0 Å². The fourth-order valence-corrected chi connectivity index (χ4v) is 2.66. The summed E-state index contributed by atoms with van der Waals surface area (Å²) in [5.74, 6) is -0.288. The summed E-state index contributed by atoms with van der Waals surface area (Å²) in [6, 6.07) is 4.38. The van der Waals surface area contributed by atoms with E-state index in [2.05, 4.69) is 10.0 Å². The monoisotopic (exact) mass is 300 g/mol. The normalized spacial score (nSPS) is 11.3. The van der Waals surface area contributed by atoms with E-state index in [1.165, 1.54) is 12.1 Å². The first-order valence-electron chi connectivity index (χ1n) is 6.41. The van der Waals surface area contributed by atoms with E-state index in [0.717, 1.165) is 6.42 Å². The van der Waals surface area contributed by atoms with Crippen molar-refractivity contribution in [2.24, 2.45) is 0 Å². The molecule has 20 heavy (non-hydrogen) atoms. The van der Waals surface area contributed by atoms with Gasteiger partial charge in [0.2, 0.25) is 10.0 Å². The van der Waals surface area contributed by atoms with Crippen molar-refractivity contribution < 1.29 is 18.3 Å². The maximum Gasteiger partial charge on any atom is 0.251 e. The Bertz CT molecular complexity index is 570. The van der Waals surface area contributed by atoms with Crippen LogP contribution in [0.1, 0.15) is 29.3 Å². The predicted octanol–water partition coefficient (Wildman–Crippen LogP) is 0.405. The molecule has 0 unspecified atom stereocenters. The van der Waals surface area contributed by atoms with Crippen LogP contribution in [-0.2, 0) is 10.0 Å². The Morgan fingerprint density at radius 2 is 2.00 bits per heavy atom. The molecule has 0 saturated heterocycles. The van der Waals surface area contributed by atoms with Crippen molar-refractivity contribution in [2.45, 2.75) is 25.2 Å². The van der Waals surface area contributed by atoms with Crippen molar-refractivity contribution in [3.05, 3.63) is 29.3 Å². The van der Waals surface area contributed by atoms with E-state index in [4.69, 9.17) is 5.11 Å². The second kappa shape index (κ2) is 7.37. The highest BCUT2D eigenvalue weighted by Crippen LogP contribution is 2.15. The first kappa shape index (κ1) is 16.6. The molecule has 1 amide bonds. The molecule has 1 aromatic rings. The van der Waals surface area contributed by atoms with Crippen molar-refractivity contribution >= 4 is 15.9 Å². The molecule has 1 aromatic carbocycles. The SMILES string of the molecule is CCCNC(=O)c1cc(S(=O)(=O)NCCO)ccc1C. The number of carbonyl (C=O) groups is 1. The van der Waals surface area contributed by atoms with Gasteiger partial charge < -0.3 is 10.4 Å². The number of rotatable bonds is 7. The van der Waals surface area contributed by atoms with Crippen molar-refractivity contribution in [1.29, 1.82) is 0 Å². The molecule has 0 aliphatic rings. The molecule has 3 N–H and O–H groups in total. The zero-order valence-corrected chi connectivity index (χ0v) is 12.5. The van der Waals surface area contributed by atoms with E-state index in [1.54, 1.807) is 13.0 Å². The number of aryl methyl sites for hydroxylation is 1. The minimum atomic E-state index is -3.71. The van der Waals surface area contributed by atoms with E-state index in [9.17, 15) is 13.2 Å². The summed E-state index contributed by atoms with van der Waals surface area (Å²) in [4.78, 5) is 12.0. The van der Waals surface area contributed by atoms with Gasteiger partial charge >= 0.3 is 0 Å². The third-order valence-corrected chi connectivity index (χ3v) is 4.16. The van der Waals surface area contributed by atoms with E-state index < -0.39 is 10.0 Å². The van der Waals surface area contributed by atoms with Gasteiger partial charge in [0.05, 0.1) is 11.5 Å². The number of benzene rings is 1. The number of aliphatic hydroxyl groups excluding tert-OH is 1. The molecule has 112 valence electrons. The Balaban J connectivity index is 3.05. The number of hydrogen-bond acceptors (Lipinski definition) is 4. The molecule has 0 atom stereocenters. The van der Waals surface area contributed by atoms with Gasteiger partial charge in [-0.2, -0.15) is 0 Å². The predicted molar refractivity (Wildman–Crippen MR) is 76.1 cm³/mol. The summed E-state index contributed by atoms with van der Waals surface area (Å²) >= 11 is 0. The number of hydrogen-bond donors (Lipinski definition) is 3. The van der Waals surface area contributed by atoms with Crippen molar-refractivity contribution in [2.75, 3.05) is 19.7 Å². The van der Waals surface area contributed by atoms with Crippen LogP contribution in [0.4, 0.5) is 0 Å². The van der Waals surface area contributed by atoms with E-state index in [1.807, 2.05) is 6.92 Å². The fourth-order valence-electron chi connectivity index (χ4n) is 1.61. The van der Waals surface area contributed by atoms with Crippen LogP contribution in [0.3, 0.4) is 0 Å². The lowest BCUT2D eigenvalue weighted by atomic mass is 10.1. The average Bonchev–Trinajstić information content (AvgIpc) is 2.42. The van der Waals surface area contributed by atoms with Gasteiger partial charge in [0.25, 0.3) is 5.91 Å². The summed E-state index contributed by atoms with van der Waals surface area (Å²) in [5, 5.41) is 11.4. The van der Waals surface area contributed by atoms with Gasteiger partial charge in [-0.25, -0.2) is 13.1 Å². The van der Waals surface area contributed by atoms with Gasteiger partial charge in [-0.1, -0.05) is 13.0 Å². The molecule has 0 aliphatic carbocycles. The molecule has 7 heteroatoms. The largest absolute Gasteiger partial charge is 0.395 e. The fraction of sp³-hybridized carbons (Fsp3) is 0.462. The Morgan fingerprint density at radius 1 is 1.30 bits per heavy atom. The van der Waals surface area contributed by atoms with Gasteiger partial charge in [-0.3, -0.25) is 4.79 Å². The second-order valence-corrected chi connectivity index (χ2v) is 6.12. The van der Waals surface area contributed by atoms with Crippen LogP contribution >= 0.6 is 0 Å². The summed E-state index contributed by atoms with van der Waals surface area (Å²) in [5.41, 5.74) is 1.05. The summed E-state index contributed by atoms with van der Waals surface area (Å²) in [7, 11) is -3.71. The number of sulfonamides is 1. The van der Waals surface area contributed by atoms with Crippen LogP contribution < -0.4 is 10.0 Å². The lowest BCUT2D eigenvalue weighted by Crippen LogP contribution is -2.28. The zero-order chi connectivity index (χ0) is 15.2. The number of aliphatic hydroxyl groups is 1. The van der Waals surface area contributed by atoms with Crippen molar-refractivity contribution in [3.8, 4) is 0 Å². The maximum atomic E-state index is 12.0. The Hall–Kier alpha value is -1.44. The number of nitrogens with one attached hydrogen (secondary N) is 2. The molecule has 0 aromatic heterocycles. The molecular formula is C13H20N2O4S. The Morgan fingerprint density at radius 3 is 2.60 bits per heavy atom. The second-order valence-electron chi connectivity index (χ2n) is 4.35. The minimum absolute atomic E-state index is 0.0122. The van der Waals surface area contributed by atoms with Gasteiger partial charge in [-0.05, 0) is 31.0 Å². The first-order valence-corrected chi connectivity index (χ1v) is 7.90. The molecule has 0 heterocycles. The average molecular weight is 300 g/mol. The van der Waals surface area contributed by atoms with Crippen LogP contribution in [0.15, 0.2) is 23.1 Å². The van der Waals surface area contributed by atoms with Crippen LogP contribution in [0.25, 0.3) is 0 Å². The summed E-state index contributed by atoms with van der Waals surface area (Å²) in [6.45, 7) is 3.88. The Labute approximate surface area is 119 Å².